The molecule has 0 aromatic rings. The van der Waals surface area contributed by atoms with Gasteiger partial charge in [-0.05, 0) is 25.2 Å². The van der Waals surface area contributed by atoms with Crippen molar-refractivity contribution in [3.63, 3.8) is 0 Å². The second-order valence-corrected chi connectivity index (χ2v) is 4.97. The van der Waals surface area contributed by atoms with Gasteiger partial charge in [0, 0.05) is 6.42 Å². The molecule has 4 heteroatoms. The summed E-state index contributed by atoms with van der Waals surface area (Å²) in [6, 6.07) is 0. The second-order valence-electron chi connectivity index (χ2n) is 4.97. The van der Waals surface area contributed by atoms with Crippen molar-refractivity contribution in [1.82, 2.24) is 0 Å². The standard InChI is InChI=1S/C12H18O4/c1-4-16-11(15)10(14)8-7-12(2,3)6-5-9(8)13/h8H,4-7H2,1-3H3/t8-/m0/s1. The highest BCUT2D eigenvalue weighted by Gasteiger charge is 2.40. The molecular formula is C12H18O4. The summed E-state index contributed by atoms with van der Waals surface area (Å²) in [6.45, 7) is 5.81. The molecule has 0 heterocycles. The monoisotopic (exact) mass is 226 g/mol. The quantitative estimate of drug-likeness (QED) is 0.416. The molecule has 4 nitrogen and oxygen atoms in total. The number of Topliss-reactive ketones (excluding diaryl/α,β-unsaturated/α-hetero) is 2. The van der Waals surface area contributed by atoms with E-state index in [2.05, 4.69) is 4.74 Å². The van der Waals surface area contributed by atoms with E-state index < -0.39 is 17.7 Å². The molecule has 0 radical (unpaired) electrons. The third-order valence-corrected chi connectivity index (χ3v) is 2.99. The Morgan fingerprint density at radius 3 is 2.62 bits per heavy atom. The van der Waals surface area contributed by atoms with Gasteiger partial charge in [-0.1, -0.05) is 13.8 Å². The van der Waals surface area contributed by atoms with Crippen LogP contribution in [0.3, 0.4) is 0 Å². The molecule has 1 aliphatic rings. The van der Waals surface area contributed by atoms with Gasteiger partial charge in [0.2, 0.25) is 5.78 Å². The van der Waals surface area contributed by atoms with Crippen molar-refractivity contribution in [3.8, 4) is 0 Å². The lowest BCUT2D eigenvalue weighted by Crippen LogP contribution is -2.38. The molecule has 0 amide bonds. The van der Waals surface area contributed by atoms with Gasteiger partial charge in [-0.25, -0.2) is 4.79 Å². The minimum absolute atomic E-state index is 0.0548. The highest BCUT2D eigenvalue weighted by molar-refractivity contribution is 6.38. The van der Waals surface area contributed by atoms with Crippen LogP contribution in [0, 0.1) is 11.3 Å². The van der Waals surface area contributed by atoms with Crippen LogP contribution in [0.4, 0.5) is 0 Å². The average molecular weight is 226 g/mol. The number of esters is 1. The third kappa shape index (κ3) is 2.90. The zero-order chi connectivity index (χ0) is 12.3. The Labute approximate surface area is 95.3 Å². The molecule has 0 bridgehead atoms. The van der Waals surface area contributed by atoms with E-state index in [4.69, 9.17) is 0 Å². The van der Waals surface area contributed by atoms with E-state index >= 15 is 0 Å². The first-order chi connectivity index (χ1) is 7.37. The van der Waals surface area contributed by atoms with Gasteiger partial charge in [0.15, 0.2) is 0 Å². The van der Waals surface area contributed by atoms with Crippen LogP contribution in [0.25, 0.3) is 0 Å². The maximum absolute atomic E-state index is 11.7. The summed E-state index contributed by atoms with van der Waals surface area (Å²) >= 11 is 0. The van der Waals surface area contributed by atoms with Gasteiger partial charge in [0.1, 0.15) is 5.78 Å². The fraction of sp³-hybridized carbons (Fsp3) is 0.750. The van der Waals surface area contributed by atoms with Gasteiger partial charge in [0.25, 0.3) is 0 Å². The van der Waals surface area contributed by atoms with Crippen LogP contribution >= 0.6 is 0 Å². The smallest absolute Gasteiger partial charge is 0.375 e. The maximum Gasteiger partial charge on any atom is 0.375 e. The summed E-state index contributed by atoms with van der Waals surface area (Å²) in [5, 5.41) is 0. The van der Waals surface area contributed by atoms with Crippen molar-refractivity contribution >= 4 is 17.5 Å². The summed E-state index contributed by atoms with van der Waals surface area (Å²) in [7, 11) is 0. The van der Waals surface area contributed by atoms with Gasteiger partial charge in [0.05, 0.1) is 12.5 Å². The van der Waals surface area contributed by atoms with Crippen molar-refractivity contribution < 1.29 is 19.1 Å². The highest BCUT2D eigenvalue weighted by atomic mass is 16.5. The molecule has 0 saturated heterocycles. The molecule has 90 valence electrons. The summed E-state index contributed by atoms with van der Waals surface area (Å²) < 4.78 is 4.63. The zero-order valence-electron chi connectivity index (χ0n) is 10.0. The Hall–Kier alpha value is -1.19. The van der Waals surface area contributed by atoms with Gasteiger partial charge in [-0.3, -0.25) is 9.59 Å². The van der Waals surface area contributed by atoms with Crippen LogP contribution in [-0.4, -0.2) is 24.1 Å². The minimum atomic E-state index is -0.876. The molecule has 0 N–H and O–H groups in total. The fourth-order valence-corrected chi connectivity index (χ4v) is 1.99. The van der Waals surface area contributed by atoms with Crippen molar-refractivity contribution in [1.29, 1.82) is 0 Å². The van der Waals surface area contributed by atoms with E-state index in [0.29, 0.717) is 12.8 Å². The Morgan fingerprint density at radius 1 is 1.44 bits per heavy atom. The summed E-state index contributed by atoms with van der Waals surface area (Å²) in [4.78, 5) is 34.6. The van der Waals surface area contributed by atoms with Gasteiger partial charge < -0.3 is 4.74 Å². The number of rotatable bonds is 3. The largest absolute Gasteiger partial charge is 0.460 e. The summed E-state index contributed by atoms with van der Waals surface area (Å²) in [5.74, 6) is -2.47. The normalized spacial score (nSPS) is 23.9. The SMILES string of the molecule is CCOC(=O)C(=O)[C@H]1CC(C)(C)CCC1=O. The van der Waals surface area contributed by atoms with Crippen LogP contribution in [0.5, 0.6) is 0 Å². The van der Waals surface area contributed by atoms with Crippen LogP contribution in [-0.2, 0) is 19.1 Å². The number of ether oxygens (including phenoxy) is 1. The molecular weight excluding hydrogens is 208 g/mol. The average Bonchev–Trinajstić information content (AvgIpc) is 2.21. The van der Waals surface area contributed by atoms with Crippen molar-refractivity contribution in [3.05, 3.63) is 0 Å². The molecule has 1 aliphatic carbocycles. The molecule has 16 heavy (non-hydrogen) atoms. The second kappa shape index (κ2) is 4.76. The minimum Gasteiger partial charge on any atom is -0.460 e. The van der Waals surface area contributed by atoms with Crippen LogP contribution in [0.1, 0.15) is 40.0 Å². The number of ketones is 2. The molecule has 0 aromatic heterocycles. The summed E-state index contributed by atoms with van der Waals surface area (Å²) in [5.41, 5.74) is -0.0548. The molecule has 1 saturated carbocycles. The predicted molar refractivity (Wildman–Crippen MR) is 57.8 cm³/mol. The van der Waals surface area contributed by atoms with Gasteiger partial charge in [-0.15, -0.1) is 0 Å². The predicted octanol–water partition coefficient (Wildman–Crippen LogP) is 1.51. The maximum atomic E-state index is 11.7. The molecule has 0 spiro atoms. The highest BCUT2D eigenvalue weighted by Crippen LogP contribution is 2.37. The number of carbonyl (C=O) groups is 3. The Balaban J connectivity index is 2.74. The summed E-state index contributed by atoms with van der Waals surface area (Å²) in [6.07, 6.45) is 1.60. The Bertz CT molecular complexity index is 317. The number of hydrogen-bond donors (Lipinski definition) is 0. The van der Waals surface area contributed by atoms with Gasteiger partial charge in [-0.2, -0.15) is 0 Å². The molecule has 0 aliphatic heterocycles. The number of hydrogen-bond acceptors (Lipinski definition) is 4. The molecule has 1 fully saturated rings. The third-order valence-electron chi connectivity index (χ3n) is 2.99. The van der Waals surface area contributed by atoms with E-state index in [1.807, 2.05) is 13.8 Å². The van der Waals surface area contributed by atoms with E-state index in [1.165, 1.54) is 0 Å². The van der Waals surface area contributed by atoms with E-state index in [0.717, 1.165) is 6.42 Å². The Kier molecular flexibility index (Phi) is 3.83. The van der Waals surface area contributed by atoms with E-state index in [9.17, 15) is 14.4 Å². The van der Waals surface area contributed by atoms with Crippen LogP contribution in [0.2, 0.25) is 0 Å². The van der Waals surface area contributed by atoms with Crippen molar-refractivity contribution in [2.45, 2.75) is 40.0 Å². The van der Waals surface area contributed by atoms with Crippen LogP contribution in [0.15, 0.2) is 0 Å². The van der Waals surface area contributed by atoms with Crippen molar-refractivity contribution in [2.24, 2.45) is 11.3 Å². The first-order valence-electron chi connectivity index (χ1n) is 5.61. The number of carbonyl (C=O) groups excluding carboxylic acids is 3. The Morgan fingerprint density at radius 2 is 2.06 bits per heavy atom. The topological polar surface area (TPSA) is 60.4 Å². The molecule has 0 unspecified atom stereocenters. The van der Waals surface area contributed by atoms with E-state index in [1.54, 1.807) is 6.92 Å². The molecule has 1 rings (SSSR count). The first kappa shape index (κ1) is 12.9. The van der Waals surface area contributed by atoms with Crippen molar-refractivity contribution in [2.75, 3.05) is 6.61 Å². The van der Waals surface area contributed by atoms with Crippen LogP contribution < -0.4 is 0 Å². The van der Waals surface area contributed by atoms with E-state index in [-0.39, 0.29) is 17.8 Å². The lowest BCUT2D eigenvalue weighted by Gasteiger charge is -2.32. The van der Waals surface area contributed by atoms with Gasteiger partial charge >= 0.3 is 5.97 Å². The lowest BCUT2D eigenvalue weighted by atomic mass is 9.70. The fourth-order valence-electron chi connectivity index (χ4n) is 1.99. The molecule has 0 aromatic carbocycles. The zero-order valence-corrected chi connectivity index (χ0v) is 10.0. The lowest BCUT2D eigenvalue weighted by molar-refractivity contribution is -0.158. The first-order valence-corrected chi connectivity index (χ1v) is 5.61. The molecule has 1 atom stereocenters.